The molecule has 10 nitrogen and oxygen atoms in total. The number of hydrogen-bond acceptors (Lipinski definition) is 8. The second-order valence-electron chi connectivity index (χ2n) is 9.33. The third kappa shape index (κ3) is 4.33. The van der Waals surface area contributed by atoms with Gasteiger partial charge in [0.15, 0.2) is 11.5 Å². The fourth-order valence-electron chi connectivity index (χ4n) is 4.71. The van der Waals surface area contributed by atoms with Crippen LogP contribution in [0.25, 0.3) is 33.3 Å². The number of nitrogens with one attached hydrogen (secondary N) is 1. The molecule has 0 aliphatic carbocycles. The lowest BCUT2D eigenvalue weighted by atomic mass is 9.98. The van der Waals surface area contributed by atoms with Gasteiger partial charge in [0.2, 0.25) is 0 Å². The highest BCUT2D eigenvalue weighted by Crippen LogP contribution is 2.38. The van der Waals surface area contributed by atoms with Crippen LogP contribution in [0.5, 0.6) is 17.2 Å². The summed E-state index contributed by atoms with van der Waals surface area (Å²) >= 11 is 0. The third-order valence-electron chi connectivity index (χ3n) is 7.14. The maximum Gasteiger partial charge on any atom is 0.339 e. The number of phenols is 1. The lowest BCUT2D eigenvalue weighted by Crippen LogP contribution is -2.31. The van der Waals surface area contributed by atoms with Crippen LogP contribution in [0.2, 0.25) is 0 Å². The Morgan fingerprint density at radius 1 is 0.923 bits per heavy atom. The van der Waals surface area contributed by atoms with E-state index in [1.807, 2.05) is 19.1 Å². The molecular weight excluding hydrogens is 502 g/mol. The van der Waals surface area contributed by atoms with E-state index < -0.39 is 16.9 Å². The molecule has 2 N–H and O–H groups in total. The number of nitrogens with zero attached hydrogens (tertiary/aromatic N) is 2. The molecule has 0 unspecified atom stereocenters. The van der Waals surface area contributed by atoms with Crippen LogP contribution >= 0.6 is 0 Å². The first-order chi connectivity index (χ1) is 18.6. The zero-order valence-corrected chi connectivity index (χ0v) is 22.2. The molecule has 0 aliphatic heterocycles. The zero-order valence-electron chi connectivity index (χ0n) is 22.2. The van der Waals surface area contributed by atoms with Crippen LogP contribution in [0, 0.1) is 20.8 Å². The van der Waals surface area contributed by atoms with Crippen molar-refractivity contribution < 1.29 is 19.0 Å². The van der Waals surface area contributed by atoms with Crippen LogP contribution < -0.4 is 26.3 Å². The summed E-state index contributed by atoms with van der Waals surface area (Å²) in [5, 5.41) is 11.9. The van der Waals surface area contributed by atoms with Gasteiger partial charge in [-0.05, 0) is 68.7 Å². The van der Waals surface area contributed by atoms with Gasteiger partial charge in [-0.15, -0.1) is 0 Å². The number of hydrogen-bond donors (Lipinski definition) is 2. The summed E-state index contributed by atoms with van der Waals surface area (Å²) in [7, 11) is 3.10. The number of H-pyrrole nitrogens is 1. The molecule has 0 atom stereocenters. The van der Waals surface area contributed by atoms with Crippen LogP contribution in [0.15, 0.2) is 55.2 Å². The van der Waals surface area contributed by atoms with Gasteiger partial charge in [0.25, 0.3) is 5.56 Å². The first-order valence-electron chi connectivity index (χ1n) is 12.3. The number of methoxy groups -OCH3 is 2. The van der Waals surface area contributed by atoms with Crippen molar-refractivity contribution in [2.24, 2.45) is 0 Å². The van der Waals surface area contributed by atoms with Gasteiger partial charge in [0.05, 0.1) is 25.3 Å². The number of fused-ring (bicyclic) bond motifs is 2. The normalized spacial score (nSPS) is 11.3. The molecule has 10 heteroatoms. The molecule has 3 heterocycles. The van der Waals surface area contributed by atoms with E-state index >= 15 is 0 Å². The standard InChI is InChI=1S/C29H27N3O7/c1-14-15(2)28(35)39-25-16(3)24(33)20(13-19(14)25)21-8-7-18-26(30-21)32(29(36)31-27(18)34)11-10-17-6-9-22(37-4)23(12-17)38-5/h6-9,12-13,33H,10-11H2,1-5H3,(H,31,34,36). The number of aromatic nitrogens is 3. The van der Waals surface area contributed by atoms with E-state index in [-0.39, 0.29) is 23.3 Å². The van der Waals surface area contributed by atoms with Crippen molar-refractivity contribution in [1.29, 1.82) is 0 Å². The second-order valence-corrected chi connectivity index (χ2v) is 9.33. The summed E-state index contributed by atoms with van der Waals surface area (Å²) in [5.41, 5.74) is 2.11. The summed E-state index contributed by atoms with van der Waals surface area (Å²) in [6.07, 6.45) is 0.450. The first kappa shape index (κ1) is 25.8. The minimum atomic E-state index is -0.593. The summed E-state index contributed by atoms with van der Waals surface area (Å²) in [4.78, 5) is 44.7. The van der Waals surface area contributed by atoms with Crippen LogP contribution in [-0.4, -0.2) is 33.9 Å². The molecule has 0 bridgehead atoms. The first-order valence-corrected chi connectivity index (χ1v) is 12.3. The Balaban J connectivity index is 1.65. The lowest BCUT2D eigenvalue weighted by Gasteiger charge is -2.14. The number of aromatic hydroxyl groups is 1. The van der Waals surface area contributed by atoms with Crippen molar-refractivity contribution in [2.45, 2.75) is 33.7 Å². The molecule has 2 aromatic carbocycles. The van der Waals surface area contributed by atoms with Crippen LogP contribution in [0.1, 0.15) is 22.3 Å². The Labute approximate surface area is 222 Å². The van der Waals surface area contributed by atoms with E-state index in [1.165, 1.54) is 4.57 Å². The molecule has 0 aliphatic rings. The van der Waals surface area contributed by atoms with Gasteiger partial charge in [-0.25, -0.2) is 14.6 Å². The number of aryl methyl sites for hydroxylation is 4. The highest BCUT2D eigenvalue weighted by atomic mass is 16.5. The molecule has 0 radical (unpaired) electrons. The minimum absolute atomic E-state index is 0.107. The Bertz CT molecular complexity index is 1950. The zero-order chi connectivity index (χ0) is 28.0. The molecule has 5 aromatic rings. The monoisotopic (exact) mass is 529 g/mol. The second kappa shape index (κ2) is 9.79. The number of pyridine rings is 1. The number of aromatic amines is 1. The predicted molar refractivity (Wildman–Crippen MR) is 147 cm³/mol. The van der Waals surface area contributed by atoms with E-state index in [9.17, 15) is 19.5 Å². The van der Waals surface area contributed by atoms with E-state index in [0.29, 0.717) is 51.3 Å². The van der Waals surface area contributed by atoms with Gasteiger partial charge in [0.1, 0.15) is 17.0 Å². The third-order valence-corrected chi connectivity index (χ3v) is 7.14. The summed E-state index contributed by atoms with van der Waals surface area (Å²) in [6.45, 7) is 5.38. The Kier molecular flexibility index (Phi) is 6.47. The topological polar surface area (TPSA) is 137 Å². The maximum atomic E-state index is 12.9. The van der Waals surface area contributed by atoms with E-state index in [1.54, 1.807) is 52.3 Å². The van der Waals surface area contributed by atoms with Crippen LogP contribution in [0.3, 0.4) is 0 Å². The molecule has 200 valence electrons. The van der Waals surface area contributed by atoms with Crippen LogP contribution in [0.4, 0.5) is 0 Å². The van der Waals surface area contributed by atoms with Crippen molar-refractivity contribution >= 4 is 22.0 Å². The fourth-order valence-corrected chi connectivity index (χ4v) is 4.71. The van der Waals surface area contributed by atoms with Crippen molar-refractivity contribution in [3.05, 3.63) is 89.9 Å². The van der Waals surface area contributed by atoms with E-state index in [4.69, 9.17) is 13.9 Å². The predicted octanol–water partition coefficient (Wildman–Crippen LogP) is 3.75. The molecule has 0 spiro atoms. The minimum Gasteiger partial charge on any atom is -0.507 e. The van der Waals surface area contributed by atoms with Gasteiger partial charge in [0, 0.05) is 28.6 Å². The van der Waals surface area contributed by atoms with Gasteiger partial charge in [-0.3, -0.25) is 14.3 Å². The van der Waals surface area contributed by atoms with E-state index in [0.717, 1.165) is 11.1 Å². The highest BCUT2D eigenvalue weighted by Gasteiger charge is 2.19. The van der Waals surface area contributed by atoms with Crippen molar-refractivity contribution in [1.82, 2.24) is 14.5 Å². The average molecular weight is 530 g/mol. The fraction of sp³-hybridized carbons (Fsp3) is 0.241. The van der Waals surface area contributed by atoms with Crippen LogP contribution in [-0.2, 0) is 13.0 Å². The Morgan fingerprint density at radius 2 is 1.67 bits per heavy atom. The van der Waals surface area contributed by atoms with Crippen molar-refractivity contribution in [3.8, 4) is 28.5 Å². The van der Waals surface area contributed by atoms with Gasteiger partial charge >= 0.3 is 11.3 Å². The smallest absolute Gasteiger partial charge is 0.339 e. The molecule has 0 saturated carbocycles. The molecular formula is C29H27N3O7. The summed E-state index contributed by atoms with van der Waals surface area (Å²) in [6, 6.07) is 10.4. The number of rotatable bonds is 6. The quantitative estimate of drug-likeness (QED) is 0.318. The average Bonchev–Trinajstić information content (AvgIpc) is 2.93. The van der Waals surface area contributed by atoms with Gasteiger partial charge < -0.3 is 19.0 Å². The lowest BCUT2D eigenvalue weighted by molar-refractivity contribution is 0.354. The number of benzene rings is 2. The molecule has 0 amide bonds. The van der Waals surface area contributed by atoms with Gasteiger partial charge in [-0.2, -0.15) is 0 Å². The Morgan fingerprint density at radius 3 is 2.38 bits per heavy atom. The molecule has 0 fully saturated rings. The van der Waals surface area contributed by atoms with Gasteiger partial charge in [-0.1, -0.05) is 6.07 Å². The summed E-state index contributed by atoms with van der Waals surface area (Å²) in [5.74, 6) is 1.05. The highest BCUT2D eigenvalue weighted by molar-refractivity contribution is 5.92. The molecule has 39 heavy (non-hydrogen) atoms. The number of phenolic OH excluding ortho intramolecular Hbond substituents is 1. The largest absolute Gasteiger partial charge is 0.507 e. The van der Waals surface area contributed by atoms with E-state index in [2.05, 4.69) is 9.97 Å². The summed E-state index contributed by atoms with van der Waals surface area (Å²) < 4.78 is 17.5. The molecule has 5 rings (SSSR count). The Hall–Kier alpha value is -4.86. The maximum absolute atomic E-state index is 12.9. The SMILES string of the molecule is COc1ccc(CCn2c(=O)[nH]c(=O)c3ccc(-c4cc5c(C)c(C)c(=O)oc5c(C)c4O)nc32)cc1OC. The van der Waals surface area contributed by atoms with Crippen molar-refractivity contribution in [3.63, 3.8) is 0 Å². The van der Waals surface area contributed by atoms with Crippen molar-refractivity contribution in [2.75, 3.05) is 14.2 Å². The number of ether oxygens (including phenoxy) is 2. The molecule has 0 saturated heterocycles. The molecule has 3 aromatic heterocycles.